The summed E-state index contributed by atoms with van der Waals surface area (Å²) >= 11 is 1.35. The quantitative estimate of drug-likeness (QED) is 0.637. The molecule has 0 radical (unpaired) electrons. The number of primary amides is 1. The van der Waals surface area contributed by atoms with Crippen LogP contribution in [-0.4, -0.2) is 35.6 Å². The Hall–Kier alpha value is -1.69. The van der Waals surface area contributed by atoms with E-state index in [1.165, 1.54) is 11.8 Å². The summed E-state index contributed by atoms with van der Waals surface area (Å²) in [5, 5.41) is 0. The molecule has 0 aromatic heterocycles. The number of hydrogen-bond donors (Lipinski definition) is 2. The van der Waals surface area contributed by atoms with Gasteiger partial charge in [0.25, 0.3) is 5.91 Å². The van der Waals surface area contributed by atoms with E-state index in [0.29, 0.717) is 17.0 Å². The topological polar surface area (TPSA) is 89.4 Å². The normalized spacial score (nSPS) is 14.6. The Morgan fingerprint density at radius 3 is 2.58 bits per heavy atom. The Labute approximate surface area is 116 Å². The zero-order valence-corrected chi connectivity index (χ0v) is 11.4. The van der Waals surface area contributed by atoms with E-state index >= 15 is 0 Å². The van der Waals surface area contributed by atoms with Gasteiger partial charge in [-0.15, -0.1) is 11.8 Å². The molecule has 1 aromatic carbocycles. The Morgan fingerprint density at radius 1 is 1.26 bits per heavy atom. The number of carbonyl (C=O) groups excluding carboxylic acids is 2. The molecule has 0 aliphatic carbocycles. The lowest BCUT2D eigenvalue weighted by molar-refractivity contribution is -0.127. The average Bonchev–Trinajstić information content (AvgIpc) is 2.90. The first-order valence-electron chi connectivity index (χ1n) is 6.18. The zero-order chi connectivity index (χ0) is 13.8. The number of carbonyl (C=O) groups is 2. The third kappa shape index (κ3) is 3.20. The number of anilines is 1. The lowest BCUT2D eigenvalue weighted by Gasteiger charge is -2.15. The van der Waals surface area contributed by atoms with Crippen LogP contribution in [0.2, 0.25) is 0 Å². The predicted octanol–water partition coefficient (Wildman–Crippen LogP) is 1.08. The molecule has 5 nitrogen and oxygen atoms in total. The molecular weight excluding hydrogens is 262 g/mol. The summed E-state index contributed by atoms with van der Waals surface area (Å²) in [5.74, 6) is -0.0935. The maximum absolute atomic E-state index is 11.9. The molecular formula is C13H17N3O2S. The van der Waals surface area contributed by atoms with Gasteiger partial charge in [-0.05, 0) is 25.0 Å². The standard InChI is InChI=1S/C13H17N3O2S/c14-12-9(13(15)18)4-3-5-10(12)19-8-11(17)16-6-1-2-7-16/h3-5H,1-2,6-8,14H2,(H2,15,18). The molecule has 2 amide bonds. The lowest BCUT2D eigenvalue weighted by atomic mass is 10.2. The highest BCUT2D eigenvalue weighted by atomic mass is 32.2. The van der Waals surface area contributed by atoms with Gasteiger partial charge >= 0.3 is 0 Å². The van der Waals surface area contributed by atoms with Gasteiger partial charge in [0.1, 0.15) is 0 Å². The Morgan fingerprint density at radius 2 is 1.95 bits per heavy atom. The highest BCUT2D eigenvalue weighted by Gasteiger charge is 2.18. The minimum absolute atomic E-state index is 0.117. The summed E-state index contributed by atoms with van der Waals surface area (Å²) in [6, 6.07) is 5.10. The van der Waals surface area contributed by atoms with Crippen LogP contribution in [0.25, 0.3) is 0 Å². The number of rotatable bonds is 4. The van der Waals surface area contributed by atoms with E-state index in [-0.39, 0.29) is 5.91 Å². The highest BCUT2D eigenvalue weighted by Crippen LogP contribution is 2.28. The second-order valence-corrected chi connectivity index (χ2v) is 5.48. The van der Waals surface area contributed by atoms with Gasteiger partial charge in [-0.2, -0.15) is 0 Å². The molecule has 1 fully saturated rings. The van der Waals surface area contributed by atoms with Gasteiger partial charge in [-0.1, -0.05) is 6.07 Å². The van der Waals surface area contributed by atoms with Crippen molar-refractivity contribution in [3.63, 3.8) is 0 Å². The smallest absolute Gasteiger partial charge is 0.250 e. The minimum Gasteiger partial charge on any atom is -0.397 e. The maximum Gasteiger partial charge on any atom is 0.250 e. The van der Waals surface area contributed by atoms with E-state index in [1.54, 1.807) is 18.2 Å². The molecule has 19 heavy (non-hydrogen) atoms. The van der Waals surface area contributed by atoms with Crippen LogP contribution in [0.1, 0.15) is 23.2 Å². The Balaban J connectivity index is 2.01. The summed E-state index contributed by atoms with van der Waals surface area (Å²) in [6.45, 7) is 1.69. The largest absolute Gasteiger partial charge is 0.397 e. The van der Waals surface area contributed by atoms with E-state index in [2.05, 4.69) is 0 Å². The molecule has 1 aliphatic heterocycles. The molecule has 0 saturated carbocycles. The fourth-order valence-electron chi connectivity index (χ4n) is 2.08. The zero-order valence-electron chi connectivity index (χ0n) is 10.6. The van der Waals surface area contributed by atoms with Crippen molar-refractivity contribution in [1.29, 1.82) is 0 Å². The van der Waals surface area contributed by atoms with Crippen LogP contribution in [0.4, 0.5) is 5.69 Å². The minimum atomic E-state index is -0.550. The lowest BCUT2D eigenvalue weighted by Crippen LogP contribution is -2.29. The molecule has 6 heteroatoms. The van der Waals surface area contributed by atoms with Crippen molar-refractivity contribution in [2.75, 3.05) is 24.6 Å². The van der Waals surface area contributed by atoms with Crippen LogP contribution in [-0.2, 0) is 4.79 Å². The number of likely N-dealkylation sites (tertiary alicyclic amines) is 1. The summed E-state index contributed by atoms with van der Waals surface area (Å²) in [4.78, 5) is 25.7. The number of thioether (sulfide) groups is 1. The number of nitrogens with two attached hydrogens (primary N) is 2. The van der Waals surface area contributed by atoms with Crippen molar-refractivity contribution in [2.45, 2.75) is 17.7 Å². The molecule has 0 bridgehead atoms. The molecule has 1 aromatic rings. The first kappa shape index (κ1) is 13.7. The molecule has 2 rings (SSSR count). The predicted molar refractivity (Wildman–Crippen MR) is 75.9 cm³/mol. The molecule has 1 heterocycles. The van der Waals surface area contributed by atoms with Crippen molar-refractivity contribution in [1.82, 2.24) is 4.90 Å². The van der Waals surface area contributed by atoms with Crippen molar-refractivity contribution < 1.29 is 9.59 Å². The number of nitrogen functional groups attached to an aromatic ring is 1. The van der Waals surface area contributed by atoms with Gasteiger partial charge in [0.05, 0.1) is 17.0 Å². The highest BCUT2D eigenvalue weighted by molar-refractivity contribution is 8.00. The number of para-hydroxylation sites is 1. The van der Waals surface area contributed by atoms with Crippen LogP contribution in [0.15, 0.2) is 23.1 Å². The van der Waals surface area contributed by atoms with Crippen molar-refractivity contribution in [2.24, 2.45) is 5.73 Å². The Kier molecular flexibility index (Phi) is 4.31. The van der Waals surface area contributed by atoms with E-state index in [4.69, 9.17) is 11.5 Å². The van der Waals surface area contributed by atoms with Crippen molar-refractivity contribution >= 4 is 29.3 Å². The fraction of sp³-hybridized carbons (Fsp3) is 0.385. The molecule has 1 aliphatic rings. The van der Waals surface area contributed by atoms with E-state index < -0.39 is 5.91 Å². The average molecular weight is 279 g/mol. The maximum atomic E-state index is 11.9. The first-order chi connectivity index (χ1) is 9.09. The number of hydrogen-bond acceptors (Lipinski definition) is 4. The van der Waals surface area contributed by atoms with E-state index in [0.717, 1.165) is 30.8 Å². The number of nitrogens with zero attached hydrogens (tertiary/aromatic N) is 1. The van der Waals surface area contributed by atoms with Gasteiger partial charge in [-0.3, -0.25) is 9.59 Å². The molecule has 102 valence electrons. The van der Waals surface area contributed by atoms with Crippen molar-refractivity contribution in [3.05, 3.63) is 23.8 Å². The molecule has 0 atom stereocenters. The van der Waals surface area contributed by atoms with Crippen LogP contribution < -0.4 is 11.5 Å². The van der Waals surface area contributed by atoms with Gasteiger partial charge < -0.3 is 16.4 Å². The van der Waals surface area contributed by atoms with Crippen LogP contribution in [0.5, 0.6) is 0 Å². The van der Waals surface area contributed by atoms with Crippen LogP contribution in [0, 0.1) is 0 Å². The molecule has 4 N–H and O–H groups in total. The molecule has 1 saturated heterocycles. The van der Waals surface area contributed by atoms with Crippen LogP contribution in [0.3, 0.4) is 0 Å². The fourth-order valence-corrected chi connectivity index (χ4v) is 2.98. The SMILES string of the molecule is NC(=O)c1cccc(SCC(=O)N2CCCC2)c1N. The third-order valence-electron chi connectivity index (χ3n) is 3.14. The summed E-state index contributed by atoms with van der Waals surface area (Å²) in [7, 11) is 0. The second-order valence-electron chi connectivity index (χ2n) is 4.46. The van der Waals surface area contributed by atoms with E-state index in [9.17, 15) is 9.59 Å². The van der Waals surface area contributed by atoms with Gasteiger partial charge in [0.2, 0.25) is 5.91 Å². The summed E-state index contributed by atoms with van der Waals surface area (Å²) in [5.41, 5.74) is 11.8. The number of amides is 2. The first-order valence-corrected chi connectivity index (χ1v) is 7.17. The molecule has 0 spiro atoms. The monoisotopic (exact) mass is 279 g/mol. The van der Waals surface area contributed by atoms with Gasteiger partial charge in [0.15, 0.2) is 0 Å². The van der Waals surface area contributed by atoms with E-state index in [1.807, 2.05) is 4.90 Å². The van der Waals surface area contributed by atoms with Crippen LogP contribution >= 0.6 is 11.8 Å². The summed E-state index contributed by atoms with van der Waals surface area (Å²) < 4.78 is 0. The Bertz CT molecular complexity index is 499. The van der Waals surface area contributed by atoms with Crippen molar-refractivity contribution in [3.8, 4) is 0 Å². The number of benzene rings is 1. The van der Waals surface area contributed by atoms with Gasteiger partial charge in [-0.25, -0.2) is 0 Å². The molecule has 0 unspecified atom stereocenters. The third-order valence-corrected chi connectivity index (χ3v) is 4.20. The summed E-state index contributed by atoms with van der Waals surface area (Å²) in [6.07, 6.45) is 2.16. The second kappa shape index (κ2) is 5.97. The van der Waals surface area contributed by atoms with Gasteiger partial charge in [0, 0.05) is 18.0 Å².